The second-order valence-electron chi connectivity index (χ2n) is 6.20. The maximum Gasteiger partial charge on any atom is 0.270 e. The molecule has 0 aliphatic carbocycles. The number of halogens is 1. The zero-order valence-corrected chi connectivity index (χ0v) is 14.0. The van der Waals surface area contributed by atoms with Gasteiger partial charge in [-0.05, 0) is 37.1 Å². The highest BCUT2D eigenvalue weighted by Crippen LogP contribution is 2.21. The summed E-state index contributed by atoms with van der Waals surface area (Å²) in [6.07, 6.45) is 6.37. The molecule has 6 heteroatoms. The lowest BCUT2D eigenvalue weighted by Gasteiger charge is -2.21. The van der Waals surface area contributed by atoms with Gasteiger partial charge in [0.1, 0.15) is 5.69 Å². The van der Waals surface area contributed by atoms with Crippen LogP contribution in [0.1, 0.15) is 22.5 Å². The predicted octanol–water partition coefficient (Wildman–Crippen LogP) is 2.66. The number of nitrogens with one attached hydrogen (secondary N) is 1. The van der Waals surface area contributed by atoms with Crippen molar-refractivity contribution in [3.05, 3.63) is 53.1 Å². The second-order valence-corrected chi connectivity index (χ2v) is 6.63. The van der Waals surface area contributed by atoms with E-state index in [2.05, 4.69) is 28.0 Å². The normalized spacial score (nSPS) is 17.9. The molecule has 5 nitrogen and oxygen atoms in total. The van der Waals surface area contributed by atoms with Gasteiger partial charge in [-0.2, -0.15) is 0 Å². The molecule has 3 rings (SSSR count). The Morgan fingerprint density at radius 3 is 3.13 bits per heavy atom. The summed E-state index contributed by atoms with van der Waals surface area (Å²) >= 11 is 5.87. The quantitative estimate of drug-likeness (QED) is 0.915. The van der Waals surface area contributed by atoms with Crippen molar-refractivity contribution in [1.29, 1.82) is 0 Å². The summed E-state index contributed by atoms with van der Waals surface area (Å²) in [5.41, 5.74) is 1.78. The van der Waals surface area contributed by atoms with Gasteiger partial charge in [-0.1, -0.05) is 17.7 Å². The van der Waals surface area contributed by atoms with E-state index in [1.54, 1.807) is 18.5 Å². The first-order chi connectivity index (χ1) is 11.1. The average molecular weight is 333 g/mol. The Kier molecular flexibility index (Phi) is 4.98. The van der Waals surface area contributed by atoms with Gasteiger partial charge in [0.2, 0.25) is 0 Å². The Morgan fingerprint density at radius 2 is 2.43 bits per heavy atom. The Balaban J connectivity index is 1.50. The molecule has 1 aliphatic rings. The summed E-state index contributed by atoms with van der Waals surface area (Å²) < 4.78 is 0. The summed E-state index contributed by atoms with van der Waals surface area (Å²) in [6, 6.07) is 5.73. The van der Waals surface area contributed by atoms with Crippen LogP contribution in [-0.2, 0) is 6.54 Å². The minimum Gasteiger partial charge on any atom is -0.356 e. The predicted molar refractivity (Wildman–Crippen MR) is 90.4 cm³/mol. The van der Waals surface area contributed by atoms with E-state index in [0.717, 1.165) is 32.6 Å². The first kappa shape index (κ1) is 16.0. The van der Waals surface area contributed by atoms with Crippen molar-refractivity contribution in [3.8, 4) is 0 Å². The largest absolute Gasteiger partial charge is 0.356 e. The van der Waals surface area contributed by atoms with E-state index in [-0.39, 0.29) is 5.91 Å². The van der Waals surface area contributed by atoms with Crippen molar-refractivity contribution in [2.24, 2.45) is 5.92 Å². The number of hydrogen-bond donors (Lipinski definition) is 1. The van der Waals surface area contributed by atoms with Gasteiger partial charge in [0, 0.05) is 44.8 Å². The Hall–Kier alpha value is -1.85. The van der Waals surface area contributed by atoms with Gasteiger partial charge in [-0.25, -0.2) is 0 Å². The molecule has 1 saturated heterocycles. The third-order valence-corrected chi connectivity index (χ3v) is 4.41. The van der Waals surface area contributed by atoms with E-state index < -0.39 is 0 Å². The van der Waals surface area contributed by atoms with Crippen LogP contribution in [0.15, 0.2) is 36.8 Å². The molecule has 1 aliphatic heterocycles. The van der Waals surface area contributed by atoms with Gasteiger partial charge >= 0.3 is 0 Å². The number of likely N-dealkylation sites (tertiary alicyclic amines) is 1. The molecule has 122 valence electrons. The fourth-order valence-electron chi connectivity index (χ4n) is 3.14. The average Bonchev–Trinajstić information content (AvgIpc) is 3.17. The third kappa shape index (κ3) is 4.12. The molecule has 23 heavy (non-hydrogen) atoms. The van der Waals surface area contributed by atoms with Crippen molar-refractivity contribution in [1.82, 2.24) is 19.8 Å². The minimum absolute atomic E-state index is 0.0364. The molecular formula is C17H21ClN4O. The van der Waals surface area contributed by atoms with Crippen LogP contribution in [-0.4, -0.2) is 52.4 Å². The number of hydrogen-bond acceptors (Lipinski definition) is 3. The molecule has 3 heterocycles. The highest BCUT2D eigenvalue weighted by atomic mass is 35.5. The summed E-state index contributed by atoms with van der Waals surface area (Å²) in [7, 11) is 2.11. The number of aromatic nitrogens is 2. The standard InChI is InChI=1S/C17H21ClN4O/c1-21(10-13-3-2-5-19-8-13)11-14-4-6-22(12-14)17(23)16-7-15(18)9-20-16/h2-3,5,7-9,14,20H,4,6,10-12H2,1H3. The van der Waals surface area contributed by atoms with Gasteiger partial charge < -0.3 is 14.8 Å². The Labute approximate surface area is 141 Å². The molecule has 2 aromatic rings. The molecule has 0 aromatic carbocycles. The van der Waals surface area contributed by atoms with Crippen molar-refractivity contribution in [2.45, 2.75) is 13.0 Å². The van der Waals surface area contributed by atoms with Crippen LogP contribution in [0.2, 0.25) is 5.02 Å². The van der Waals surface area contributed by atoms with E-state index in [4.69, 9.17) is 11.6 Å². The molecule has 0 radical (unpaired) electrons. The summed E-state index contributed by atoms with van der Waals surface area (Å²) in [6.45, 7) is 3.46. The number of rotatable bonds is 5. The smallest absolute Gasteiger partial charge is 0.270 e. The molecule has 2 aromatic heterocycles. The van der Waals surface area contributed by atoms with E-state index in [0.29, 0.717) is 16.6 Å². The van der Waals surface area contributed by atoms with Crippen LogP contribution >= 0.6 is 11.6 Å². The first-order valence-corrected chi connectivity index (χ1v) is 8.20. The maximum atomic E-state index is 12.4. The van der Waals surface area contributed by atoms with Crippen molar-refractivity contribution in [2.75, 3.05) is 26.7 Å². The topological polar surface area (TPSA) is 52.2 Å². The van der Waals surface area contributed by atoms with E-state index in [1.807, 2.05) is 17.2 Å². The molecule has 1 unspecified atom stereocenters. The number of pyridine rings is 1. The number of carbonyl (C=O) groups excluding carboxylic acids is 1. The molecule has 1 N–H and O–H groups in total. The Bertz CT molecular complexity index is 658. The van der Waals surface area contributed by atoms with Crippen LogP contribution < -0.4 is 0 Å². The molecule has 1 atom stereocenters. The van der Waals surface area contributed by atoms with Crippen molar-refractivity contribution in [3.63, 3.8) is 0 Å². The highest BCUT2D eigenvalue weighted by molar-refractivity contribution is 6.30. The number of H-pyrrole nitrogens is 1. The van der Waals surface area contributed by atoms with Gasteiger partial charge in [0.25, 0.3) is 5.91 Å². The summed E-state index contributed by atoms with van der Waals surface area (Å²) in [5, 5.41) is 0.570. The van der Waals surface area contributed by atoms with Crippen LogP contribution in [0.25, 0.3) is 0 Å². The zero-order valence-electron chi connectivity index (χ0n) is 13.2. The lowest BCUT2D eigenvalue weighted by atomic mass is 10.1. The van der Waals surface area contributed by atoms with Crippen LogP contribution in [0.3, 0.4) is 0 Å². The van der Waals surface area contributed by atoms with E-state index >= 15 is 0 Å². The highest BCUT2D eigenvalue weighted by Gasteiger charge is 2.28. The lowest BCUT2D eigenvalue weighted by Crippen LogP contribution is -2.31. The molecular weight excluding hydrogens is 312 g/mol. The van der Waals surface area contributed by atoms with Crippen LogP contribution in [0, 0.1) is 5.92 Å². The van der Waals surface area contributed by atoms with Gasteiger partial charge in [-0.3, -0.25) is 9.78 Å². The van der Waals surface area contributed by atoms with Crippen molar-refractivity contribution >= 4 is 17.5 Å². The van der Waals surface area contributed by atoms with E-state index in [1.165, 1.54) is 5.56 Å². The van der Waals surface area contributed by atoms with Crippen LogP contribution in [0.4, 0.5) is 0 Å². The minimum atomic E-state index is 0.0364. The number of aromatic amines is 1. The third-order valence-electron chi connectivity index (χ3n) is 4.20. The molecule has 0 spiro atoms. The zero-order chi connectivity index (χ0) is 16.2. The van der Waals surface area contributed by atoms with Gasteiger partial charge in [0.15, 0.2) is 0 Å². The first-order valence-electron chi connectivity index (χ1n) is 7.82. The summed E-state index contributed by atoms with van der Waals surface area (Å²) in [5.74, 6) is 0.542. The molecule has 0 saturated carbocycles. The van der Waals surface area contributed by atoms with Crippen molar-refractivity contribution < 1.29 is 4.79 Å². The maximum absolute atomic E-state index is 12.4. The SMILES string of the molecule is CN(Cc1cccnc1)CC1CCN(C(=O)c2cc(Cl)c[nH]2)C1. The molecule has 1 fully saturated rings. The second kappa shape index (κ2) is 7.15. The van der Waals surface area contributed by atoms with Gasteiger partial charge in [-0.15, -0.1) is 0 Å². The van der Waals surface area contributed by atoms with E-state index in [9.17, 15) is 4.79 Å². The van der Waals surface area contributed by atoms with Gasteiger partial charge in [0.05, 0.1) is 5.02 Å². The fourth-order valence-corrected chi connectivity index (χ4v) is 3.30. The summed E-state index contributed by atoms with van der Waals surface area (Å²) in [4.78, 5) is 23.7. The number of carbonyl (C=O) groups is 1. The lowest BCUT2D eigenvalue weighted by molar-refractivity contribution is 0.0779. The Morgan fingerprint density at radius 1 is 1.57 bits per heavy atom. The molecule has 1 amide bonds. The van der Waals surface area contributed by atoms with Crippen LogP contribution in [0.5, 0.6) is 0 Å². The number of nitrogens with zero attached hydrogens (tertiary/aromatic N) is 3. The number of amides is 1. The molecule has 0 bridgehead atoms. The monoisotopic (exact) mass is 332 g/mol. The fraction of sp³-hybridized carbons (Fsp3) is 0.412.